The Kier molecular flexibility index (Phi) is 3.55. The molecule has 0 aromatic heterocycles. The normalized spacial score (nSPS) is 20.6. The zero-order chi connectivity index (χ0) is 14.2. The van der Waals surface area contributed by atoms with Crippen LogP contribution in [0.4, 0.5) is 10.1 Å². The van der Waals surface area contributed by atoms with Gasteiger partial charge in [0.05, 0.1) is 9.82 Å². The van der Waals surface area contributed by atoms with Crippen molar-refractivity contribution in [2.45, 2.75) is 30.7 Å². The zero-order valence-electron chi connectivity index (χ0n) is 10.2. The smallest absolute Gasteiger partial charge is 0.258 e. The first-order valence-corrected chi connectivity index (χ1v) is 7.24. The Hall–Kier alpha value is -1.54. The molecule has 1 aliphatic heterocycles. The Labute approximate surface area is 110 Å². The van der Waals surface area contributed by atoms with Crippen LogP contribution in [0.5, 0.6) is 0 Å². The first kappa shape index (κ1) is 13.9. The highest BCUT2D eigenvalue weighted by Crippen LogP contribution is 2.28. The van der Waals surface area contributed by atoms with Gasteiger partial charge in [0.2, 0.25) is 15.8 Å². The highest BCUT2D eigenvalue weighted by atomic mass is 32.2. The third kappa shape index (κ3) is 2.45. The van der Waals surface area contributed by atoms with Crippen molar-refractivity contribution in [3.8, 4) is 0 Å². The lowest BCUT2D eigenvalue weighted by atomic mass is 10.3. The molecule has 6 nitrogen and oxygen atoms in total. The first-order valence-electron chi connectivity index (χ1n) is 5.80. The molecule has 104 valence electrons. The van der Waals surface area contributed by atoms with Crippen LogP contribution in [0.25, 0.3) is 0 Å². The van der Waals surface area contributed by atoms with Crippen molar-refractivity contribution in [1.82, 2.24) is 4.31 Å². The van der Waals surface area contributed by atoms with Gasteiger partial charge in [0.25, 0.3) is 0 Å². The molecular formula is C11H13FN2O4S. The molecule has 8 heteroatoms. The van der Waals surface area contributed by atoms with Gasteiger partial charge in [-0.2, -0.15) is 8.70 Å². The maximum absolute atomic E-state index is 13.5. The van der Waals surface area contributed by atoms with Crippen LogP contribution in [-0.2, 0) is 10.0 Å². The number of benzene rings is 1. The summed E-state index contributed by atoms with van der Waals surface area (Å²) in [5.41, 5.74) is -0.728. The minimum atomic E-state index is -3.78. The van der Waals surface area contributed by atoms with E-state index in [1.54, 1.807) is 6.92 Å². The number of hydrogen-bond acceptors (Lipinski definition) is 4. The standard InChI is InChI=1S/C11H13FN2O4S/c1-8-3-2-6-13(8)19(17,18)9-4-5-11(14(15)16)10(12)7-9/h4-5,7-8H,2-3,6H2,1H3/t8-/m1/s1. The molecule has 0 unspecified atom stereocenters. The van der Waals surface area contributed by atoms with Gasteiger partial charge < -0.3 is 0 Å². The molecule has 0 spiro atoms. The Morgan fingerprint density at radius 2 is 2.16 bits per heavy atom. The minimum Gasteiger partial charge on any atom is -0.258 e. The summed E-state index contributed by atoms with van der Waals surface area (Å²) in [6.07, 6.45) is 1.52. The zero-order valence-corrected chi connectivity index (χ0v) is 11.1. The molecule has 0 N–H and O–H groups in total. The topological polar surface area (TPSA) is 80.5 Å². The summed E-state index contributed by atoms with van der Waals surface area (Å²) in [5.74, 6) is -1.14. The van der Waals surface area contributed by atoms with Crippen LogP contribution in [0.1, 0.15) is 19.8 Å². The van der Waals surface area contributed by atoms with Gasteiger partial charge >= 0.3 is 5.69 Å². The van der Waals surface area contributed by atoms with E-state index in [-0.39, 0.29) is 10.9 Å². The van der Waals surface area contributed by atoms with Gasteiger partial charge in [-0.05, 0) is 25.8 Å². The molecule has 1 heterocycles. The van der Waals surface area contributed by atoms with Crippen molar-refractivity contribution in [3.05, 3.63) is 34.1 Å². The summed E-state index contributed by atoms with van der Waals surface area (Å²) in [5, 5.41) is 10.5. The van der Waals surface area contributed by atoms with Crippen molar-refractivity contribution in [2.24, 2.45) is 0 Å². The second-order valence-electron chi connectivity index (χ2n) is 4.48. The summed E-state index contributed by atoms with van der Waals surface area (Å²) >= 11 is 0. The van der Waals surface area contributed by atoms with Crippen molar-refractivity contribution in [2.75, 3.05) is 6.54 Å². The van der Waals surface area contributed by atoms with Crippen molar-refractivity contribution in [3.63, 3.8) is 0 Å². The fourth-order valence-corrected chi connectivity index (χ4v) is 3.91. The van der Waals surface area contributed by atoms with Crippen LogP contribution in [0, 0.1) is 15.9 Å². The Morgan fingerprint density at radius 1 is 1.47 bits per heavy atom. The van der Waals surface area contributed by atoms with Gasteiger partial charge in [-0.15, -0.1) is 0 Å². The average molecular weight is 288 g/mol. The molecule has 1 atom stereocenters. The van der Waals surface area contributed by atoms with E-state index >= 15 is 0 Å². The van der Waals surface area contributed by atoms with Crippen LogP contribution in [-0.4, -0.2) is 30.2 Å². The van der Waals surface area contributed by atoms with Crippen LogP contribution >= 0.6 is 0 Å². The van der Waals surface area contributed by atoms with E-state index in [9.17, 15) is 22.9 Å². The monoisotopic (exact) mass is 288 g/mol. The molecule has 1 saturated heterocycles. The van der Waals surface area contributed by atoms with Crippen LogP contribution < -0.4 is 0 Å². The van der Waals surface area contributed by atoms with Crippen LogP contribution in [0.15, 0.2) is 23.1 Å². The summed E-state index contributed by atoms with van der Waals surface area (Å²) in [6, 6.07) is 2.52. The molecule has 1 aromatic carbocycles. The fraction of sp³-hybridized carbons (Fsp3) is 0.455. The van der Waals surface area contributed by atoms with Crippen LogP contribution in [0.3, 0.4) is 0 Å². The SMILES string of the molecule is C[C@@H]1CCCN1S(=O)(=O)c1ccc([N+](=O)[O-])c(F)c1. The molecule has 0 radical (unpaired) electrons. The Bertz CT molecular complexity index is 617. The third-order valence-corrected chi connectivity index (χ3v) is 5.22. The molecule has 0 amide bonds. The molecule has 0 bridgehead atoms. The second-order valence-corrected chi connectivity index (χ2v) is 6.37. The molecular weight excluding hydrogens is 275 g/mol. The van der Waals surface area contributed by atoms with Crippen LogP contribution in [0.2, 0.25) is 0 Å². The number of nitro groups is 1. The van der Waals surface area contributed by atoms with E-state index in [4.69, 9.17) is 0 Å². The summed E-state index contributed by atoms with van der Waals surface area (Å²) in [7, 11) is -3.78. The van der Waals surface area contributed by atoms with Gasteiger partial charge in [0.1, 0.15) is 0 Å². The Morgan fingerprint density at radius 3 is 2.63 bits per heavy atom. The number of nitro benzene ring substituents is 1. The molecule has 1 fully saturated rings. The number of halogens is 1. The number of sulfonamides is 1. The van der Waals surface area contributed by atoms with E-state index in [0.717, 1.165) is 25.0 Å². The van der Waals surface area contributed by atoms with E-state index in [1.807, 2.05) is 0 Å². The number of rotatable bonds is 3. The largest absolute Gasteiger partial charge is 0.304 e. The van der Waals surface area contributed by atoms with Gasteiger partial charge in [-0.1, -0.05) is 0 Å². The summed E-state index contributed by atoms with van der Waals surface area (Å²) < 4.78 is 39.3. The number of hydrogen-bond donors (Lipinski definition) is 0. The lowest BCUT2D eigenvalue weighted by Gasteiger charge is -2.20. The average Bonchev–Trinajstić information content (AvgIpc) is 2.75. The predicted molar refractivity (Wildman–Crippen MR) is 65.6 cm³/mol. The molecule has 2 rings (SSSR count). The van der Waals surface area contributed by atoms with E-state index in [0.29, 0.717) is 12.6 Å². The molecule has 1 aromatic rings. The lowest BCUT2D eigenvalue weighted by molar-refractivity contribution is -0.387. The van der Waals surface area contributed by atoms with Crippen molar-refractivity contribution >= 4 is 15.7 Å². The van der Waals surface area contributed by atoms with Gasteiger partial charge in [0, 0.05) is 24.7 Å². The minimum absolute atomic E-state index is 0.136. The summed E-state index contributed by atoms with van der Waals surface area (Å²) in [4.78, 5) is 9.37. The quantitative estimate of drug-likeness (QED) is 0.628. The molecule has 1 aliphatic rings. The molecule has 0 saturated carbocycles. The maximum atomic E-state index is 13.5. The van der Waals surface area contributed by atoms with Gasteiger partial charge in [-0.25, -0.2) is 8.42 Å². The fourth-order valence-electron chi connectivity index (χ4n) is 2.20. The highest BCUT2D eigenvalue weighted by molar-refractivity contribution is 7.89. The number of nitrogens with zero attached hydrogens (tertiary/aromatic N) is 2. The second kappa shape index (κ2) is 4.86. The van der Waals surface area contributed by atoms with Crippen molar-refractivity contribution < 1.29 is 17.7 Å². The molecule has 0 aliphatic carbocycles. The molecule has 19 heavy (non-hydrogen) atoms. The van der Waals surface area contributed by atoms with E-state index in [1.165, 1.54) is 4.31 Å². The van der Waals surface area contributed by atoms with Gasteiger partial charge in [-0.3, -0.25) is 10.1 Å². The third-order valence-electron chi connectivity index (χ3n) is 3.21. The van der Waals surface area contributed by atoms with Crippen molar-refractivity contribution in [1.29, 1.82) is 0 Å². The van der Waals surface area contributed by atoms with E-state index in [2.05, 4.69) is 0 Å². The lowest BCUT2D eigenvalue weighted by Crippen LogP contribution is -2.33. The maximum Gasteiger partial charge on any atom is 0.304 e. The predicted octanol–water partition coefficient (Wildman–Crippen LogP) is 1.91. The summed E-state index contributed by atoms with van der Waals surface area (Å²) in [6.45, 7) is 2.18. The first-order chi connectivity index (χ1) is 8.84. The Balaban J connectivity index is 2.42. The highest BCUT2D eigenvalue weighted by Gasteiger charge is 2.33. The van der Waals surface area contributed by atoms with Gasteiger partial charge in [0.15, 0.2) is 0 Å². The van der Waals surface area contributed by atoms with E-state index < -0.39 is 26.5 Å².